The lowest BCUT2D eigenvalue weighted by atomic mass is 10.0. The number of aliphatic imine (C=N–C) groups is 1. The molecule has 1 saturated heterocycles. The maximum Gasteiger partial charge on any atom is 0.251 e. The maximum atomic E-state index is 13.1. The van der Waals surface area contributed by atoms with Crippen LogP contribution in [0.25, 0.3) is 0 Å². The summed E-state index contributed by atoms with van der Waals surface area (Å²) in [5.41, 5.74) is 6.44. The van der Waals surface area contributed by atoms with Gasteiger partial charge in [-0.2, -0.15) is 0 Å². The number of fused-ring (bicyclic) bond motifs is 2. The summed E-state index contributed by atoms with van der Waals surface area (Å²) in [6, 6.07) is 23.3. The van der Waals surface area contributed by atoms with E-state index in [4.69, 9.17) is 4.99 Å². The standard InChI is InChI=1S/C29H31N3OS/c1-3-25-24-17-20(2)9-11-27(24)34-28-12-10-22(18-26(28)31-25)29(33)30-23-13-15-32(16-14-23)19-21-7-5-4-6-8-21/h4-12,17-18,23H,3,13-16,19H2,1-2H3,(H,30,33). The first-order valence-corrected chi connectivity index (χ1v) is 13.0. The van der Waals surface area contributed by atoms with Gasteiger partial charge in [0.15, 0.2) is 0 Å². The highest BCUT2D eigenvalue weighted by Gasteiger charge is 2.23. The molecule has 1 fully saturated rings. The number of carbonyl (C=O) groups is 1. The largest absolute Gasteiger partial charge is 0.349 e. The van der Waals surface area contributed by atoms with E-state index in [1.54, 1.807) is 11.8 Å². The van der Waals surface area contributed by atoms with Gasteiger partial charge in [-0.3, -0.25) is 14.7 Å². The summed E-state index contributed by atoms with van der Waals surface area (Å²) in [5.74, 6) is 0.000151. The first-order chi connectivity index (χ1) is 16.6. The Kier molecular flexibility index (Phi) is 6.84. The van der Waals surface area contributed by atoms with Gasteiger partial charge < -0.3 is 5.32 Å². The number of nitrogens with zero attached hydrogens (tertiary/aromatic N) is 2. The molecular formula is C29H31N3OS. The number of hydrogen-bond acceptors (Lipinski definition) is 4. The van der Waals surface area contributed by atoms with Crippen molar-refractivity contribution in [3.63, 3.8) is 0 Å². The smallest absolute Gasteiger partial charge is 0.251 e. The number of piperidine rings is 1. The van der Waals surface area contributed by atoms with Gasteiger partial charge in [-0.1, -0.05) is 60.6 Å². The van der Waals surface area contributed by atoms with Crippen molar-refractivity contribution >= 4 is 29.1 Å². The zero-order valence-electron chi connectivity index (χ0n) is 19.9. The third-order valence-corrected chi connectivity index (χ3v) is 7.79. The normalized spacial score (nSPS) is 16.2. The summed E-state index contributed by atoms with van der Waals surface area (Å²) in [5, 5.41) is 3.27. The van der Waals surface area contributed by atoms with E-state index < -0.39 is 0 Å². The second kappa shape index (κ2) is 10.2. The highest BCUT2D eigenvalue weighted by atomic mass is 32.2. The summed E-state index contributed by atoms with van der Waals surface area (Å²) in [4.78, 5) is 22.9. The molecule has 3 aromatic carbocycles. The van der Waals surface area contributed by atoms with Gasteiger partial charge >= 0.3 is 0 Å². The Morgan fingerprint density at radius 1 is 1.03 bits per heavy atom. The molecule has 0 radical (unpaired) electrons. The van der Waals surface area contributed by atoms with Crippen molar-refractivity contribution in [2.75, 3.05) is 13.1 Å². The van der Waals surface area contributed by atoms with Gasteiger partial charge in [-0.05, 0) is 62.1 Å². The Morgan fingerprint density at radius 2 is 1.79 bits per heavy atom. The van der Waals surface area contributed by atoms with Crippen LogP contribution >= 0.6 is 11.8 Å². The molecule has 2 aliphatic rings. The van der Waals surface area contributed by atoms with Crippen LogP contribution in [-0.4, -0.2) is 35.7 Å². The molecular weight excluding hydrogens is 438 g/mol. The highest BCUT2D eigenvalue weighted by Crippen LogP contribution is 2.41. The lowest BCUT2D eigenvalue weighted by Gasteiger charge is -2.32. The van der Waals surface area contributed by atoms with Crippen LogP contribution < -0.4 is 5.32 Å². The molecule has 0 bridgehead atoms. The van der Waals surface area contributed by atoms with Crippen molar-refractivity contribution in [2.24, 2.45) is 4.99 Å². The number of hydrogen-bond donors (Lipinski definition) is 1. The van der Waals surface area contributed by atoms with Crippen LogP contribution in [0, 0.1) is 6.92 Å². The molecule has 0 atom stereocenters. The number of likely N-dealkylation sites (tertiary alicyclic amines) is 1. The number of nitrogens with one attached hydrogen (secondary N) is 1. The van der Waals surface area contributed by atoms with Crippen molar-refractivity contribution < 1.29 is 4.79 Å². The van der Waals surface area contributed by atoms with Crippen molar-refractivity contribution in [3.05, 3.63) is 89.0 Å². The van der Waals surface area contributed by atoms with Crippen molar-refractivity contribution in [2.45, 2.75) is 55.5 Å². The molecule has 5 rings (SSSR count). The molecule has 3 aromatic rings. The first kappa shape index (κ1) is 22.9. The second-order valence-corrected chi connectivity index (χ2v) is 10.3. The fraction of sp³-hybridized carbons (Fsp3) is 0.310. The highest BCUT2D eigenvalue weighted by molar-refractivity contribution is 7.99. The second-order valence-electron chi connectivity index (χ2n) is 9.21. The summed E-state index contributed by atoms with van der Waals surface area (Å²) in [6.07, 6.45) is 2.81. The zero-order chi connectivity index (χ0) is 23.5. The van der Waals surface area contributed by atoms with Crippen LogP contribution in [0.1, 0.15) is 53.2 Å². The molecule has 2 heterocycles. The van der Waals surface area contributed by atoms with Crippen molar-refractivity contribution in [1.29, 1.82) is 0 Å². The van der Waals surface area contributed by atoms with Crippen LogP contribution in [0.5, 0.6) is 0 Å². The Balaban J connectivity index is 1.25. The monoisotopic (exact) mass is 469 g/mol. The lowest BCUT2D eigenvalue weighted by molar-refractivity contribution is 0.0909. The Bertz CT molecular complexity index is 1210. The van der Waals surface area contributed by atoms with Crippen molar-refractivity contribution in [1.82, 2.24) is 10.2 Å². The van der Waals surface area contributed by atoms with Crippen LogP contribution in [0.15, 0.2) is 81.5 Å². The minimum Gasteiger partial charge on any atom is -0.349 e. The Hall–Kier alpha value is -2.89. The van der Waals surface area contributed by atoms with Gasteiger partial charge in [0.25, 0.3) is 5.91 Å². The van der Waals surface area contributed by atoms with Gasteiger partial charge in [0.2, 0.25) is 0 Å². The molecule has 0 spiro atoms. The molecule has 2 aliphatic heterocycles. The summed E-state index contributed by atoms with van der Waals surface area (Å²) < 4.78 is 0. The van der Waals surface area contributed by atoms with Crippen LogP contribution in [-0.2, 0) is 6.54 Å². The van der Waals surface area contributed by atoms with E-state index in [0.717, 1.165) is 55.2 Å². The van der Waals surface area contributed by atoms with E-state index in [1.807, 2.05) is 18.2 Å². The van der Waals surface area contributed by atoms with Gasteiger partial charge in [-0.25, -0.2) is 0 Å². The van der Waals surface area contributed by atoms with E-state index in [2.05, 4.69) is 72.6 Å². The minimum atomic E-state index is 0.000151. The van der Waals surface area contributed by atoms with Gasteiger partial charge in [0.1, 0.15) is 0 Å². The summed E-state index contributed by atoms with van der Waals surface area (Å²) >= 11 is 1.74. The van der Waals surface area contributed by atoms with Crippen LogP contribution in [0.2, 0.25) is 0 Å². The molecule has 1 amide bonds. The van der Waals surface area contributed by atoms with Crippen LogP contribution in [0.3, 0.4) is 0 Å². The maximum absolute atomic E-state index is 13.1. The Morgan fingerprint density at radius 3 is 2.56 bits per heavy atom. The van der Waals surface area contributed by atoms with Gasteiger partial charge in [-0.15, -0.1) is 0 Å². The molecule has 0 aliphatic carbocycles. The van der Waals surface area contributed by atoms with Crippen LogP contribution in [0.4, 0.5) is 5.69 Å². The molecule has 0 aromatic heterocycles. The number of benzene rings is 3. The predicted octanol–water partition coefficient (Wildman–Crippen LogP) is 6.38. The molecule has 0 unspecified atom stereocenters. The number of aryl methyl sites for hydroxylation is 1. The number of carbonyl (C=O) groups excluding carboxylic acids is 1. The van der Waals surface area contributed by atoms with Crippen molar-refractivity contribution in [3.8, 4) is 0 Å². The van der Waals surface area contributed by atoms with E-state index in [1.165, 1.54) is 21.6 Å². The fourth-order valence-corrected chi connectivity index (χ4v) is 5.73. The summed E-state index contributed by atoms with van der Waals surface area (Å²) in [6.45, 7) is 7.24. The Labute approximate surface area is 206 Å². The zero-order valence-corrected chi connectivity index (χ0v) is 20.7. The molecule has 0 saturated carbocycles. The van der Waals surface area contributed by atoms with E-state index >= 15 is 0 Å². The van der Waals surface area contributed by atoms with Gasteiger partial charge in [0.05, 0.1) is 5.69 Å². The molecule has 4 nitrogen and oxygen atoms in total. The predicted molar refractivity (Wildman–Crippen MR) is 140 cm³/mol. The molecule has 34 heavy (non-hydrogen) atoms. The van der Waals surface area contributed by atoms with Gasteiger partial charge in [0, 0.05) is 52.3 Å². The quantitative estimate of drug-likeness (QED) is 0.471. The topological polar surface area (TPSA) is 44.7 Å². The van der Waals surface area contributed by atoms with E-state index in [0.29, 0.717) is 5.56 Å². The number of rotatable bonds is 5. The fourth-order valence-electron chi connectivity index (χ4n) is 4.73. The third-order valence-electron chi connectivity index (χ3n) is 6.65. The van der Waals surface area contributed by atoms with E-state index in [9.17, 15) is 4.79 Å². The third kappa shape index (κ3) is 5.11. The SMILES string of the molecule is CCC1=Nc2cc(C(=O)NC3CCN(Cc4ccccc4)CC3)ccc2Sc2ccc(C)cc21. The number of amides is 1. The first-order valence-electron chi connectivity index (χ1n) is 12.2. The molecule has 174 valence electrons. The lowest BCUT2D eigenvalue weighted by Crippen LogP contribution is -2.44. The van der Waals surface area contributed by atoms with E-state index in [-0.39, 0.29) is 11.9 Å². The minimum absolute atomic E-state index is 0.000151. The molecule has 5 heteroatoms. The average Bonchev–Trinajstić information content (AvgIpc) is 3.01. The average molecular weight is 470 g/mol. The molecule has 1 N–H and O–H groups in total. The summed E-state index contributed by atoms with van der Waals surface area (Å²) in [7, 11) is 0.